The number of hydrogen-bond donors (Lipinski definition) is 2. The molecule has 22 heavy (non-hydrogen) atoms. The van der Waals surface area contributed by atoms with Crippen LogP contribution in [0.5, 0.6) is 0 Å². The highest BCUT2D eigenvalue weighted by atomic mass is 16.3. The van der Waals surface area contributed by atoms with Gasteiger partial charge in [-0.1, -0.05) is 36.5 Å². The van der Waals surface area contributed by atoms with Gasteiger partial charge in [0.05, 0.1) is 23.9 Å². The average molecular weight is 295 g/mol. The molecular weight excluding hydrogens is 274 g/mol. The van der Waals surface area contributed by atoms with E-state index in [1.807, 2.05) is 49.8 Å². The van der Waals surface area contributed by atoms with Crippen LogP contribution in [-0.2, 0) is 0 Å². The van der Waals surface area contributed by atoms with Gasteiger partial charge in [-0.15, -0.1) is 0 Å². The topological polar surface area (TPSA) is 50.1 Å². The van der Waals surface area contributed by atoms with Gasteiger partial charge in [-0.25, -0.2) is 0 Å². The van der Waals surface area contributed by atoms with Gasteiger partial charge in [0.15, 0.2) is 0 Å². The van der Waals surface area contributed by atoms with Crippen molar-refractivity contribution in [3.05, 3.63) is 67.2 Å². The molecule has 0 aromatic carbocycles. The van der Waals surface area contributed by atoms with Crippen LogP contribution in [0.15, 0.2) is 67.2 Å². The minimum atomic E-state index is -0.502. The summed E-state index contributed by atoms with van der Waals surface area (Å²) in [5, 5.41) is 14.9. The predicted molar refractivity (Wildman–Crippen MR) is 89.6 cm³/mol. The first kappa shape index (κ1) is 14.8. The molecule has 2 atom stereocenters. The first-order chi connectivity index (χ1) is 10.8. The van der Waals surface area contributed by atoms with Gasteiger partial charge in [-0.3, -0.25) is 4.98 Å². The van der Waals surface area contributed by atoms with Crippen LogP contribution >= 0.6 is 0 Å². The lowest BCUT2D eigenvalue weighted by Gasteiger charge is -2.29. The Labute approximate surface area is 130 Å². The van der Waals surface area contributed by atoms with Crippen molar-refractivity contribution >= 4 is 10.9 Å². The van der Waals surface area contributed by atoms with E-state index >= 15 is 0 Å². The fraction of sp³-hybridized carbons (Fsp3) is 0.278. The van der Waals surface area contributed by atoms with E-state index in [1.165, 1.54) is 0 Å². The summed E-state index contributed by atoms with van der Waals surface area (Å²) < 4.78 is 2.13. The van der Waals surface area contributed by atoms with Gasteiger partial charge < -0.3 is 15.0 Å². The molecule has 2 N–H and O–H groups in total. The van der Waals surface area contributed by atoms with E-state index in [9.17, 15) is 5.11 Å². The summed E-state index contributed by atoms with van der Waals surface area (Å²) in [5.74, 6) is 0.120. The molecule has 0 spiro atoms. The van der Waals surface area contributed by atoms with Gasteiger partial charge in [-0.05, 0) is 19.2 Å². The van der Waals surface area contributed by atoms with Gasteiger partial charge in [0.1, 0.15) is 0 Å². The number of aliphatic hydroxyl groups is 1. The number of pyridine rings is 1. The molecule has 2 heterocycles. The van der Waals surface area contributed by atoms with Crippen molar-refractivity contribution in [1.82, 2.24) is 14.9 Å². The maximum Gasteiger partial charge on any atom is 0.0880 e. The number of likely N-dealkylation sites (N-methyl/N-ethyl adjacent to an activating group) is 1. The Kier molecular flexibility index (Phi) is 4.51. The third-order valence-corrected chi connectivity index (χ3v) is 4.05. The highest BCUT2D eigenvalue weighted by Gasteiger charge is 2.27. The molecule has 3 rings (SSSR count). The van der Waals surface area contributed by atoms with Crippen molar-refractivity contribution in [3.8, 4) is 0 Å². The van der Waals surface area contributed by atoms with Crippen LogP contribution in [0.3, 0.4) is 0 Å². The zero-order chi connectivity index (χ0) is 15.4. The van der Waals surface area contributed by atoms with Crippen molar-refractivity contribution in [3.63, 3.8) is 0 Å². The van der Waals surface area contributed by atoms with E-state index in [-0.39, 0.29) is 12.0 Å². The fourth-order valence-corrected chi connectivity index (χ4v) is 3.02. The summed E-state index contributed by atoms with van der Waals surface area (Å²) in [6.45, 7) is 0.538. The molecule has 0 fully saturated rings. The van der Waals surface area contributed by atoms with Gasteiger partial charge in [-0.2, -0.15) is 0 Å². The molecule has 0 unspecified atom stereocenters. The molecule has 1 aliphatic carbocycles. The molecule has 2 aromatic rings. The Bertz CT molecular complexity index is 698. The zero-order valence-corrected chi connectivity index (χ0v) is 12.6. The van der Waals surface area contributed by atoms with Crippen LogP contribution in [-0.4, -0.2) is 34.4 Å². The first-order valence-corrected chi connectivity index (χ1v) is 7.56. The molecule has 1 aliphatic rings. The predicted octanol–water partition coefficient (Wildman–Crippen LogP) is 2.46. The van der Waals surface area contributed by atoms with Crippen molar-refractivity contribution in [2.45, 2.75) is 12.1 Å². The Hall–Kier alpha value is -2.17. The molecule has 0 saturated heterocycles. The van der Waals surface area contributed by atoms with Crippen molar-refractivity contribution in [2.75, 3.05) is 13.6 Å². The maximum absolute atomic E-state index is 10.7. The lowest BCUT2D eigenvalue weighted by molar-refractivity contribution is 0.102. The normalized spacial score (nSPS) is 17.7. The Morgan fingerprint density at radius 2 is 2.00 bits per heavy atom. The molecule has 114 valence electrons. The van der Waals surface area contributed by atoms with Gasteiger partial charge in [0, 0.05) is 30.2 Å². The van der Waals surface area contributed by atoms with E-state index in [0.29, 0.717) is 6.54 Å². The molecule has 0 amide bonds. The maximum atomic E-state index is 10.7. The second-order valence-corrected chi connectivity index (χ2v) is 5.51. The third kappa shape index (κ3) is 2.89. The molecule has 2 aromatic heterocycles. The van der Waals surface area contributed by atoms with Crippen LogP contribution in [0, 0.1) is 5.92 Å². The van der Waals surface area contributed by atoms with Gasteiger partial charge >= 0.3 is 0 Å². The number of aromatic nitrogens is 2. The monoisotopic (exact) mass is 295 g/mol. The number of fused-ring (bicyclic) bond motifs is 1. The van der Waals surface area contributed by atoms with Crippen LogP contribution in [0.2, 0.25) is 0 Å². The molecule has 0 saturated carbocycles. The molecule has 0 radical (unpaired) electrons. The summed E-state index contributed by atoms with van der Waals surface area (Å²) in [6.07, 6.45) is 17.5. The van der Waals surface area contributed by atoms with E-state index in [4.69, 9.17) is 0 Å². The molecular formula is C18H21N3O. The number of nitrogens with one attached hydrogen (secondary N) is 1. The second-order valence-electron chi connectivity index (χ2n) is 5.51. The van der Waals surface area contributed by atoms with E-state index in [0.717, 1.165) is 10.9 Å². The van der Waals surface area contributed by atoms with Crippen molar-refractivity contribution in [2.24, 2.45) is 5.92 Å². The Morgan fingerprint density at radius 1 is 1.23 bits per heavy atom. The van der Waals surface area contributed by atoms with E-state index in [1.54, 1.807) is 6.20 Å². The average Bonchev–Trinajstić information content (AvgIpc) is 2.76. The minimum absolute atomic E-state index is 0.0819. The number of nitrogens with zero attached hydrogens (tertiary/aromatic N) is 2. The number of allylic oxidation sites excluding steroid dienone is 6. The first-order valence-electron chi connectivity index (χ1n) is 7.56. The molecule has 4 nitrogen and oxygen atoms in total. The smallest absolute Gasteiger partial charge is 0.0880 e. The number of rotatable bonds is 5. The summed E-state index contributed by atoms with van der Waals surface area (Å²) in [5.41, 5.74) is 1.04. The van der Waals surface area contributed by atoms with Gasteiger partial charge in [0.25, 0.3) is 0 Å². The minimum Gasteiger partial charge on any atom is -0.390 e. The SMILES string of the molecule is CNC[C@@H](O)[C@H](C1C=CC=CC=C1)n1ccc2ccncc21. The number of aliphatic hydroxyl groups excluding tert-OH is 1. The highest BCUT2D eigenvalue weighted by molar-refractivity contribution is 5.79. The fourth-order valence-electron chi connectivity index (χ4n) is 3.02. The Morgan fingerprint density at radius 3 is 2.73 bits per heavy atom. The largest absolute Gasteiger partial charge is 0.390 e. The lowest BCUT2D eigenvalue weighted by Crippen LogP contribution is -2.36. The van der Waals surface area contributed by atoms with Crippen molar-refractivity contribution in [1.29, 1.82) is 0 Å². The summed E-state index contributed by atoms with van der Waals surface area (Å²) in [6, 6.07) is 3.98. The second kappa shape index (κ2) is 6.73. The quantitative estimate of drug-likeness (QED) is 0.891. The van der Waals surface area contributed by atoms with Crippen LogP contribution in [0.25, 0.3) is 10.9 Å². The van der Waals surface area contributed by atoms with E-state index < -0.39 is 6.10 Å². The summed E-state index contributed by atoms with van der Waals surface area (Å²) in [7, 11) is 1.86. The number of hydrogen-bond acceptors (Lipinski definition) is 3. The van der Waals surface area contributed by atoms with Crippen molar-refractivity contribution < 1.29 is 5.11 Å². The summed E-state index contributed by atoms with van der Waals surface area (Å²) >= 11 is 0. The molecule has 0 bridgehead atoms. The van der Waals surface area contributed by atoms with Crippen LogP contribution in [0.1, 0.15) is 6.04 Å². The van der Waals surface area contributed by atoms with Crippen LogP contribution < -0.4 is 5.32 Å². The standard InChI is InChI=1S/C18H21N3O/c1-19-13-17(22)18(15-6-4-2-3-5-7-15)21-11-9-14-8-10-20-12-16(14)21/h2-12,15,17-19,22H,13H2,1H3/t17-,18+/m1/s1. The van der Waals surface area contributed by atoms with E-state index in [2.05, 4.69) is 33.1 Å². The highest BCUT2D eigenvalue weighted by Crippen LogP contribution is 2.30. The van der Waals surface area contributed by atoms with Crippen LogP contribution in [0.4, 0.5) is 0 Å². The lowest BCUT2D eigenvalue weighted by atomic mass is 9.93. The summed E-state index contributed by atoms with van der Waals surface area (Å²) in [4.78, 5) is 4.23. The van der Waals surface area contributed by atoms with Gasteiger partial charge in [0.2, 0.25) is 0 Å². The molecule has 0 aliphatic heterocycles. The molecule has 4 heteroatoms. The zero-order valence-electron chi connectivity index (χ0n) is 12.6. The Balaban J connectivity index is 2.04. The third-order valence-electron chi connectivity index (χ3n) is 4.05.